The molecule has 5 aliphatic rings. The zero-order valence-electron chi connectivity index (χ0n) is 15.2. The summed E-state index contributed by atoms with van der Waals surface area (Å²) in [6.45, 7) is 7.23. The summed E-state index contributed by atoms with van der Waals surface area (Å²) in [5.74, 6) is 5.11. The van der Waals surface area contributed by atoms with Crippen molar-refractivity contribution in [3.05, 3.63) is 0 Å². The molecule has 1 aliphatic heterocycles. The van der Waals surface area contributed by atoms with Crippen LogP contribution in [-0.2, 0) is 0 Å². The molecular weight excluding hydrogens is 300 g/mol. The minimum atomic E-state index is -0.415. The van der Waals surface area contributed by atoms with Crippen molar-refractivity contribution < 1.29 is 5.11 Å². The molecule has 0 aromatic heterocycles. The van der Waals surface area contributed by atoms with Crippen molar-refractivity contribution in [2.75, 3.05) is 5.75 Å². The molecule has 23 heavy (non-hydrogen) atoms. The molecule has 1 spiro atoms. The maximum atomic E-state index is 11.0. The van der Waals surface area contributed by atoms with Crippen molar-refractivity contribution >= 4 is 11.8 Å². The molecule has 0 radical (unpaired) electrons. The number of thioether (sulfide) groups is 1. The third-order valence-corrected chi connectivity index (χ3v) is 11.4. The fourth-order valence-electron chi connectivity index (χ4n) is 7.92. The highest BCUT2D eigenvalue weighted by Gasteiger charge is 2.64. The van der Waals surface area contributed by atoms with Crippen LogP contribution in [0.25, 0.3) is 0 Å². The molecule has 1 saturated heterocycles. The molecule has 4 aliphatic carbocycles. The lowest BCUT2D eigenvalue weighted by molar-refractivity contribution is -0.146. The van der Waals surface area contributed by atoms with E-state index >= 15 is 0 Å². The fourth-order valence-corrected chi connectivity index (χ4v) is 8.95. The number of rotatable bonds is 0. The number of fused-ring (bicyclic) bond motifs is 5. The summed E-state index contributed by atoms with van der Waals surface area (Å²) in [7, 11) is 0. The van der Waals surface area contributed by atoms with Gasteiger partial charge in [-0.05, 0) is 99.2 Å². The molecule has 8 unspecified atom stereocenters. The Morgan fingerprint density at radius 2 is 1.61 bits per heavy atom. The topological polar surface area (TPSA) is 20.2 Å². The number of aliphatic hydroxyl groups is 1. The summed E-state index contributed by atoms with van der Waals surface area (Å²) < 4.78 is 0.733. The molecule has 8 atom stereocenters. The number of hydrogen-bond acceptors (Lipinski definition) is 2. The Bertz CT molecular complexity index is 524. The van der Waals surface area contributed by atoms with Crippen molar-refractivity contribution in [2.24, 2.45) is 34.5 Å². The molecule has 1 nitrogen and oxygen atoms in total. The molecule has 0 bridgehead atoms. The van der Waals surface area contributed by atoms with Gasteiger partial charge in [0, 0.05) is 10.5 Å². The maximum absolute atomic E-state index is 11.0. The summed E-state index contributed by atoms with van der Waals surface area (Å²) in [6, 6.07) is 0. The summed E-state index contributed by atoms with van der Waals surface area (Å²) in [6.07, 6.45) is 12.4. The second-order valence-electron chi connectivity index (χ2n) is 10.6. The highest BCUT2D eigenvalue weighted by molar-refractivity contribution is 8.07. The first-order valence-electron chi connectivity index (χ1n) is 10.2. The standard InChI is InChI=1S/C21H34OS/c1-18-10-11-21(13-23-21)12-14(18)4-5-15-16(18)6-8-19(2)17(15)7-9-20(19,3)22/h14-17,22H,4-13H2,1-3H3. The summed E-state index contributed by atoms with van der Waals surface area (Å²) >= 11 is 2.26. The third kappa shape index (κ3) is 1.92. The minimum absolute atomic E-state index is 0.194. The van der Waals surface area contributed by atoms with Crippen LogP contribution in [-0.4, -0.2) is 21.2 Å². The van der Waals surface area contributed by atoms with Gasteiger partial charge >= 0.3 is 0 Å². The van der Waals surface area contributed by atoms with Crippen LogP contribution in [0.1, 0.15) is 78.6 Å². The SMILES string of the molecule is CC12CCC3(CS3)CC1CCC1C2CCC2(C)C1CCC2(C)O. The highest BCUT2D eigenvalue weighted by atomic mass is 32.2. The Labute approximate surface area is 146 Å². The first kappa shape index (κ1) is 15.6. The predicted octanol–water partition coefficient (Wildman–Crippen LogP) is 5.27. The molecule has 4 saturated carbocycles. The monoisotopic (exact) mass is 334 g/mol. The van der Waals surface area contributed by atoms with Gasteiger partial charge in [0.25, 0.3) is 0 Å². The quantitative estimate of drug-likeness (QED) is 0.609. The molecule has 2 heteroatoms. The van der Waals surface area contributed by atoms with E-state index in [0.29, 0.717) is 5.41 Å². The molecule has 1 heterocycles. The molecule has 5 fully saturated rings. The Hall–Kier alpha value is 0.310. The lowest BCUT2D eigenvalue weighted by Crippen LogP contribution is -2.56. The van der Waals surface area contributed by atoms with Gasteiger partial charge in [-0.2, -0.15) is 11.8 Å². The van der Waals surface area contributed by atoms with Gasteiger partial charge < -0.3 is 5.11 Å². The predicted molar refractivity (Wildman–Crippen MR) is 97.5 cm³/mol. The molecular formula is C21H34OS. The zero-order valence-corrected chi connectivity index (χ0v) is 16.1. The van der Waals surface area contributed by atoms with Crippen LogP contribution in [0.2, 0.25) is 0 Å². The van der Waals surface area contributed by atoms with Gasteiger partial charge in [-0.1, -0.05) is 13.8 Å². The van der Waals surface area contributed by atoms with Gasteiger partial charge in [-0.15, -0.1) is 0 Å². The van der Waals surface area contributed by atoms with E-state index < -0.39 is 5.60 Å². The molecule has 0 aromatic carbocycles. The first-order chi connectivity index (χ1) is 10.8. The average molecular weight is 335 g/mol. The van der Waals surface area contributed by atoms with Gasteiger partial charge in [0.15, 0.2) is 0 Å². The van der Waals surface area contributed by atoms with Crippen molar-refractivity contribution in [2.45, 2.75) is 88.9 Å². The van der Waals surface area contributed by atoms with E-state index in [1.807, 2.05) is 0 Å². The fraction of sp³-hybridized carbons (Fsp3) is 1.00. The Morgan fingerprint density at radius 3 is 2.35 bits per heavy atom. The van der Waals surface area contributed by atoms with Crippen molar-refractivity contribution in [1.82, 2.24) is 0 Å². The van der Waals surface area contributed by atoms with Crippen LogP contribution in [0.3, 0.4) is 0 Å². The van der Waals surface area contributed by atoms with Crippen LogP contribution in [0, 0.1) is 34.5 Å². The molecule has 1 N–H and O–H groups in total. The molecule has 0 aromatic rings. The molecule has 130 valence electrons. The second kappa shape index (κ2) is 4.53. The van der Waals surface area contributed by atoms with Crippen LogP contribution in [0.4, 0.5) is 0 Å². The third-order valence-electron chi connectivity index (χ3n) is 9.92. The highest BCUT2D eigenvalue weighted by Crippen LogP contribution is 2.71. The zero-order chi connectivity index (χ0) is 16.1. The lowest BCUT2D eigenvalue weighted by Gasteiger charge is -2.61. The van der Waals surface area contributed by atoms with Gasteiger partial charge in [0.1, 0.15) is 0 Å². The number of hydrogen-bond donors (Lipinski definition) is 1. The van der Waals surface area contributed by atoms with Crippen LogP contribution in [0.15, 0.2) is 0 Å². The van der Waals surface area contributed by atoms with Crippen LogP contribution >= 0.6 is 11.8 Å². The summed E-state index contributed by atoms with van der Waals surface area (Å²) in [5.41, 5.74) is 0.397. The largest absolute Gasteiger partial charge is 0.390 e. The van der Waals surface area contributed by atoms with E-state index in [2.05, 4.69) is 32.5 Å². The van der Waals surface area contributed by atoms with E-state index in [4.69, 9.17) is 0 Å². The molecule has 5 rings (SSSR count). The van der Waals surface area contributed by atoms with E-state index in [0.717, 1.165) is 34.8 Å². The Morgan fingerprint density at radius 1 is 0.870 bits per heavy atom. The second-order valence-corrected chi connectivity index (χ2v) is 12.0. The summed E-state index contributed by atoms with van der Waals surface area (Å²) in [5, 5.41) is 11.0. The average Bonchev–Trinajstić information content (AvgIpc) is 3.21. The van der Waals surface area contributed by atoms with Crippen molar-refractivity contribution in [1.29, 1.82) is 0 Å². The van der Waals surface area contributed by atoms with Crippen molar-refractivity contribution in [3.8, 4) is 0 Å². The van der Waals surface area contributed by atoms with Gasteiger partial charge in [-0.25, -0.2) is 0 Å². The van der Waals surface area contributed by atoms with Crippen LogP contribution < -0.4 is 0 Å². The van der Waals surface area contributed by atoms with Gasteiger partial charge in [0.2, 0.25) is 0 Å². The smallest absolute Gasteiger partial charge is 0.0675 e. The van der Waals surface area contributed by atoms with Gasteiger partial charge in [0.05, 0.1) is 5.60 Å². The van der Waals surface area contributed by atoms with Crippen molar-refractivity contribution in [3.63, 3.8) is 0 Å². The molecule has 0 amide bonds. The first-order valence-corrected chi connectivity index (χ1v) is 11.1. The van der Waals surface area contributed by atoms with E-state index in [1.165, 1.54) is 57.1 Å². The minimum Gasteiger partial charge on any atom is -0.390 e. The normalized spacial score (nSPS) is 64.2. The Balaban J connectivity index is 1.45. The lowest BCUT2D eigenvalue weighted by atomic mass is 9.44. The van der Waals surface area contributed by atoms with E-state index in [9.17, 15) is 5.11 Å². The Kier molecular flexibility index (Phi) is 3.06. The van der Waals surface area contributed by atoms with E-state index in [1.54, 1.807) is 0 Å². The maximum Gasteiger partial charge on any atom is 0.0675 e. The van der Waals surface area contributed by atoms with Gasteiger partial charge in [-0.3, -0.25) is 0 Å². The van der Waals surface area contributed by atoms with E-state index in [-0.39, 0.29) is 5.41 Å². The van der Waals surface area contributed by atoms with Crippen LogP contribution in [0.5, 0.6) is 0 Å². The summed E-state index contributed by atoms with van der Waals surface area (Å²) in [4.78, 5) is 0.